The van der Waals surface area contributed by atoms with Crippen LogP contribution in [0.15, 0.2) is 71.6 Å². The third kappa shape index (κ3) is 5.75. The number of carbonyl (C=O) groups excluding carboxylic acids is 1. The van der Waals surface area contributed by atoms with Gasteiger partial charge < -0.3 is 20.7 Å². The van der Waals surface area contributed by atoms with Crippen LogP contribution in [0.3, 0.4) is 0 Å². The molecule has 0 radical (unpaired) electrons. The zero-order valence-corrected chi connectivity index (χ0v) is 20.5. The van der Waals surface area contributed by atoms with E-state index in [0.717, 1.165) is 37.2 Å². The van der Waals surface area contributed by atoms with Crippen LogP contribution in [-0.2, 0) is 10.0 Å². The fourth-order valence-corrected chi connectivity index (χ4v) is 5.37. The van der Waals surface area contributed by atoms with Crippen molar-refractivity contribution in [3.8, 4) is 16.9 Å². The fraction of sp³-hybridized carbons (Fsp3) is 0.269. The Bertz CT molecular complexity index is 1300. The number of likely N-dealkylation sites (tertiary alicyclic amines) is 1. The van der Waals surface area contributed by atoms with Gasteiger partial charge in [0.2, 0.25) is 0 Å². The van der Waals surface area contributed by atoms with Gasteiger partial charge in [-0.25, -0.2) is 8.42 Å². The lowest BCUT2D eigenvalue weighted by molar-refractivity contribution is 0.0793. The maximum atomic E-state index is 13.3. The molecule has 3 aromatic carbocycles. The first kappa shape index (κ1) is 24.6. The number of carbonyl (C=O) groups is 1. The Morgan fingerprint density at radius 3 is 2.43 bits per heavy atom. The van der Waals surface area contributed by atoms with Crippen LogP contribution in [0.1, 0.15) is 23.2 Å². The number of amides is 1. The zero-order valence-electron chi connectivity index (χ0n) is 19.7. The van der Waals surface area contributed by atoms with Crippen LogP contribution in [0.2, 0.25) is 0 Å². The molecular formula is C26H30N4O4S. The normalized spacial score (nSPS) is 13.5. The Morgan fingerprint density at radius 2 is 1.69 bits per heavy atom. The largest absolute Gasteiger partial charge is 0.495 e. The molecule has 1 saturated heterocycles. The van der Waals surface area contributed by atoms with Crippen molar-refractivity contribution in [1.82, 2.24) is 4.90 Å². The second-order valence-corrected chi connectivity index (χ2v) is 10.00. The summed E-state index contributed by atoms with van der Waals surface area (Å²) in [5, 5.41) is 3.13. The summed E-state index contributed by atoms with van der Waals surface area (Å²) in [4.78, 5) is 14.7. The van der Waals surface area contributed by atoms with Crippen LogP contribution in [0, 0.1) is 0 Å². The average molecular weight is 495 g/mol. The minimum absolute atomic E-state index is 0.00417. The highest BCUT2D eigenvalue weighted by Gasteiger charge is 2.22. The van der Waals surface area contributed by atoms with Gasteiger partial charge in [-0.1, -0.05) is 24.3 Å². The Labute approximate surface area is 206 Å². The Kier molecular flexibility index (Phi) is 7.57. The molecule has 1 aliphatic heterocycles. The quantitative estimate of drug-likeness (QED) is 0.417. The number of benzene rings is 3. The first-order chi connectivity index (χ1) is 16.9. The summed E-state index contributed by atoms with van der Waals surface area (Å²) in [5.74, 6) is 0.221. The van der Waals surface area contributed by atoms with E-state index in [4.69, 9.17) is 10.5 Å². The van der Waals surface area contributed by atoms with Gasteiger partial charge >= 0.3 is 0 Å². The van der Waals surface area contributed by atoms with E-state index in [1.807, 2.05) is 23.1 Å². The van der Waals surface area contributed by atoms with Crippen molar-refractivity contribution in [2.45, 2.75) is 17.7 Å². The first-order valence-corrected chi connectivity index (χ1v) is 13.0. The Hall–Kier alpha value is -3.56. The van der Waals surface area contributed by atoms with E-state index in [1.54, 1.807) is 48.5 Å². The van der Waals surface area contributed by atoms with Crippen LogP contribution in [0.5, 0.6) is 5.75 Å². The number of rotatable bonds is 9. The van der Waals surface area contributed by atoms with Gasteiger partial charge in [0.25, 0.3) is 15.9 Å². The van der Waals surface area contributed by atoms with Gasteiger partial charge in [0.1, 0.15) is 10.6 Å². The molecule has 35 heavy (non-hydrogen) atoms. The lowest BCUT2D eigenvalue weighted by atomic mass is 10.0. The molecule has 0 unspecified atom stereocenters. The third-order valence-corrected chi connectivity index (χ3v) is 7.28. The highest BCUT2D eigenvalue weighted by Crippen LogP contribution is 2.32. The molecule has 1 heterocycles. The van der Waals surface area contributed by atoms with Crippen LogP contribution in [0.25, 0.3) is 11.1 Å². The summed E-state index contributed by atoms with van der Waals surface area (Å²) in [6.45, 7) is 2.57. The molecule has 0 aliphatic carbocycles. The molecule has 4 rings (SSSR count). The number of anilines is 2. The maximum absolute atomic E-state index is 13.3. The number of sulfonamides is 1. The Morgan fingerprint density at radius 1 is 0.971 bits per heavy atom. The van der Waals surface area contributed by atoms with Gasteiger partial charge in [0.15, 0.2) is 0 Å². The molecular weight excluding hydrogens is 464 g/mol. The van der Waals surface area contributed by atoms with E-state index >= 15 is 0 Å². The average Bonchev–Trinajstić information content (AvgIpc) is 3.42. The summed E-state index contributed by atoms with van der Waals surface area (Å²) in [6.07, 6.45) is 2.04. The predicted molar refractivity (Wildman–Crippen MR) is 138 cm³/mol. The van der Waals surface area contributed by atoms with Crippen molar-refractivity contribution in [3.05, 3.63) is 72.3 Å². The van der Waals surface area contributed by atoms with Crippen LogP contribution in [0.4, 0.5) is 11.4 Å². The van der Waals surface area contributed by atoms with Crippen molar-refractivity contribution in [2.75, 3.05) is 43.3 Å². The zero-order chi connectivity index (χ0) is 24.8. The summed E-state index contributed by atoms with van der Waals surface area (Å²) in [5.41, 5.74) is 8.72. The van der Waals surface area contributed by atoms with Gasteiger partial charge in [0.05, 0.1) is 12.8 Å². The minimum atomic E-state index is -3.97. The van der Waals surface area contributed by atoms with Crippen molar-refractivity contribution in [1.29, 1.82) is 0 Å². The predicted octanol–water partition coefficient (Wildman–Crippen LogP) is 3.77. The molecule has 4 N–H and O–H groups in total. The molecule has 184 valence electrons. The van der Waals surface area contributed by atoms with Crippen molar-refractivity contribution in [2.24, 2.45) is 5.73 Å². The van der Waals surface area contributed by atoms with E-state index < -0.39 is 10.0 Å². The van der Waals surface area contributed by atoms with Crippen molar-refractivity contribution >= 4 is 27.3 Å². The van der Waals surface area contributed by atoms with Crippen LogP contribution >= 0.6 is 0 Å². The van der Waals surface area contributed by atoms with Crippen molar-refractivity contribution < 1.29 is 17.9 Å². The molecule has 0 spiro atoms. The number of hydrogen-bond donors (Lipinski definition) is 3. The SMILES string of the molecule is COc1ccc(-c2cccc(C(=O)N3CCCC3)c2)cc1S(=O)(=O)Nc1cccc(NCCN)c1. The number of nitrogens with one attached hydrogen (secondary N) is 2. The topological polar surface area (TPSA) is 114 Å². The molecule has 0 saturated carbocycles. The summed E-state index contributed by atoms with van der Waals surface area (Å²) in [7, 11) is -2.53. The van der Waals surface area contributed by atoms with E-state index in [2.05, 4.69) is 10.0 Å². The van der Waals surface area contributed by atoms with Gasteiger partial charge in [-0.3, -0.25) is 9.52 Å². The summed E-state index contributed by atoms with van der Waals surface area (Å²) < 4.78 is 34.7. The van der Waals surface area contributed by atoms with Gasteiger partial charge in [-0.15, -0.1) is 0 Å². The summed E-state index contributed by atoms with van der Waals surface area (Å²) in [6, 6.07) is 19.2. The van der Waals surface area contributed by atoms with Crippen LogP contribution < -0.4 is 20.5 Å². The Balaban J connectivity index is 1.64. The summed E-state index contributed by atoms with van der Waals surface area (Å²) >= 11 is 0. The molecule has 3 aromatic rings. The molecule has 8 nitrogen and oxygen atoms in total. The number of hydrogen-bond acceptors (Lipinski definition) is 6. The lowest BCUT2D eigenvalue weighted by Gasteiger charge is -2.16. The molecule has 0 aromatic heterocycles. The highest BCUT2D eigenvalue weighted by atomic mass is 32.2. The molecule has 0 bridgehead atoms. The molecule has 1 fully saturated rings. The van der Waals surface area contributed by atoms with Gasteiger partial charge in [0, 0.05) is 37.4 Å². The molecule has 9 heteroatoms. The second kappa shape index (κ2) is 10.8. The number of methoxy groups -OCH3 is 1. The van der Waals surface area contributed by atoms with E-state index in [9.17, 15) is 13.2 Å². The number of ether oxygens (including phenoxy) is 1. The van der Waals surface area contributed by atoms with Crippen LogP contribution in [-0.4, -0.2) is 52.5 Å². The lowest BCUT2D eigenvalue weighted by Crippen LogP contribution is -2.27. The van der Waals surface area contributed by atoms with E-state index in [0.29, 0.717) is 29.9 Å². The van der Waals surface area contributed by atoms with E-state index in [1.165, 1.54) is 7.11 Å². The number of nitrogens with zero attached hydrogens (tertiary/aromatic N) is 1. The van der Waals surface area contributed by atoms with Gasteiger partial charge in [-0.05, 0) is 66.4 Å². The smallest absolute Gasteiger partial charge is 0.265 e. The molecule has 1 aliphatic rings. The van der Waals surface area contributed by atoms with Crippen molar-refractivity contribution in [3.63, 3.8) is 0 Å². The van der Waals surface area contributed by atoms with E-state index in [-0.39, 0.29) is 16.6 Å². The maximum Gasteiger partial charge on any atom is 0.265 e. The highest BCUT2D eigenvalue weighted by molar-refractivity contribution is 7.92. The first-order valence-electron chi connectivity index (χ1n) is 11.6. The fourth-order valence-electron chi connectivity index (χ4n) is 4.12. The molecule has 0 atom stereocenters. The second-order valence-electron chi connectivity index (χ2n) is 8.35. The van der Waals surface area contributed by atoms with Gasteiger partial charge in [-0.2, -0.15) is 0 Å². The number of nitrogens with two attached hydrogens (primary N) is 1. The monoisotopic (exact) mass is 494 g/mol. The minimum Gasteiger partial charge on any atom is -0.495 e. The standard InChI is InChI=1S/C26H30N4O4S/c1-34-24-11-10-20(19-6-4-7-21(16-19)26(31)30-14-2-3-15-30)17-25(24)35(32,33)29-23-9-5-8-22(18-23)28-13-12-27/h4-11,16-18,28-29H,2-3,12-15,27H2,1H3. The third-order valence-electron chi connectivity index (χ3n) is 5.88. The molecule has 1 amide bonds.